The van der Waals surface area contributed by atoms with Crippen LogP contribution in [0.3, 0.4) is 0 Å². The minimum atomic E-state index is -0.583. The van der Waals surface area contributed by atoms with Crippen molar-refractivity contribution in [2.45, 2.75) is 33.0 Å². The Morgan fingerprint density at radius 2 is 1.71 bits per heavy atom. The molecule has 0 aliphatic carbocycles. The summed E-state index contributed by atoms with van der Waals surface area (Å²) in [5.41, 5.74) is 1.28. The molecule has 0 bridgehead atoms. The van der Waals surface area contributed by atoms with Crippen LogP contribution in [-0.2, 0) is 11.3 Å². The average Bonchev–Trinajstić information content (AvgIpc) is 2.74. The first kappa shape index (κ1) is 23.2. The summed E-state index contributed by atoms with van der Waals surface area (Å²) < 4.78 is 12.9. The lowest BCUT2D eigenvalue weighted by Crippen LogP contribution is -2.37. The first-order valence-corrected chi connectivity index (χ1v) is 11.4. The van der Waals surface area contributed by atoms with E-state index < -0.39 is 5.60 Å². The molecule has 0 unspecified atom stereocenters. The number of benzene rings is 3. The summed E-state index contributed by atoms with van der Waals surface area (Å²) in [6.07, 6.45) is 1.56. The molecule has 0 saturated heterocycles. The Kier molecular flexibility index (Phi) is 7.65. The quantitative estimate of drug-likeness (QED) is 0.296. The summed E-state index contributed by atoms with van der Waals surface area (Å²) in [5.74, 6) is 2.67. The lowest BCUT2D eigenvalue weighted by atomic mass is 10.1. The van der Waals surface area contributed by atoms with Gasteiger partial charge in [0.2, 0.25) is 0 Å². The zero-order valence-electron chi connectivity index (χ0n) is 18.4. The minimum Gasteiger partial charge on any atom is -0.488 e. The monoisotopic (exact) mass is 527 g/mol. The predicted octanol–water partition coefficient (Wildman–Crippen LogP) is 5.91. The molecule has 4 nitrogen and oxygen atoms in total. The molecule has 0 N–H and O–H groups in total. The van der Waals surface area contributed by atoms with Gasteiger partial charge in [-0.2, -0.15) is 0 Å². The maximum atomic E-state index is 13.1. The number of halogens is 1. The van der Waals surface area contributed by atoms with Crippen LogP contribution in [0.1, 0.15) is 26.3 Å². The highest BCUT2D eigenvalue weighted by Gasteiger charge is 2.26. The highest BCUT2D eigenvalue weighted by molar-refractivity contribution is 14.1. The zero-order chi connectivity index (χ0) is 22.4. The molecule has 0 aliphatic rings. The molecular weight excluding hydrogens is 500 g/mol. The molecule has 1 amide bonds. The smallest absolute Gasteiger partial charge is 0.415 e. The lowest BCUT2D eigenvalue weighted by molar-refractivity contribution is 0.0584. The van der Waals surface area contributed by atoms with E-state index in [9.17, 15) is 4.79 Å². The molecule has 0 aliphatic heterocycles. The molecule has 0 heterocycles. The van der Waals surface area contributed by atoms with Gasteiger partial charge in [0, 0.05) is 27.0 Å². The van der Waals surface area contributed by atoms with E-state index >= 15 is 0 Å². The zero-order valence-corrected chi connectivity index (χ0v) is 20.5. The largest absolute Gasteiger partial charge is 0.488 e. The van der Waals surface area contributed by atoms with Gasteiger partial charge in [0.25, 0.3) is 0 Å². The van der Waals surface area contributed by atoms with Gasteiger partial charge in [-0.1, -0.05) is 60.7 Å². The third-order valence-electron chi connectivity index (χ3n) is 4.59. The number of rotatable bonds is 6. The fraction of sp³-hybridized carbons (Fsp3) is 0.240. The molecule has 0 radical (unpaired) electrons. The third-order valence-corrected chi connectivity index (χ3v) is 5.72. The van der Waals surface area contributed by atoms with Crippen molar-refractivity contribution >= 4 is 53.0 Å². The topological polar surface area (TPSA) is 38.8 Å². The van der Waals surface area contributed by atoms with Crippen LogP contribution in [0.15, 0.2) is 72.7 Å². The van der Waals surface area contributed by atoms with Gasteiger partial charge < -0.3 is 9.47 Å². The molecular formula is C25H27BINO3. The van der Waals surface area contributed by atoms with E-state index in [1.54, 1.807) is 4.90 Å². The van der Waals surface area contributed by atoms with E-state index in [0.717, 1.165) is 31.3 Å². The van der Waals surface area contributed by atoms with Gasteiger partial charge in [0.1, 0.15) is 25.8 Å². The van der Waals surface area contributed by atoms with Crippen LogP contribution in [0.5, 0.6) is 5.75 Å². The van der Waals surface area contributed by atoms with Crippen LogP contribution in [0.4, 0.5) is 10.5 Å². The summed E-state index contributed by atoms with van der Waals surface area (Å²) in [5, 5.41) is 2.06. The Bertz CT molecular complexity index is 1080. The lowest BCUT2D eigenvalue weighted by Gasteiger charge is -2.28. The number of anilines is 1. The van der Waals surface area contributed by atoms with Crippen molar-refractivity contribution < 1.29 is 14.3 Å². The van der Waals surface area contributed by atoms with Gasteiger partial charge >= 0.3 is 6.09 Å². The van der Waals surface area contributed by atoms with Gasteiger partial charge in [0.15, 0.2) is 0 Å². The molecule has 0 atom stereocenters. The second kappa shape index (κ2) is 10.2. The Morgan fingerprint density at radius 1 is 1.06 bits per heavy atom. The van der Waals surface area contributed by atoms with Gasteiger partial charge in [-0.25, -0.2) is 4.79 Å². The fourth-order valence-corrected chi connectivity index (χ4v) is 4.06. The van der Waals surface area contributed by atoms with Gasteiger partial charge in [-0.05, 0) is 48.9 Å². The Hall–Kier alpha value is -2.48. The first-order chi connectivity index (χ1) is 14.8. The van der Waals surface area contributed by atoms with Crippen LogP contribution in [0, 0.1) is 3.57 Å². The number of amides is 1. The Labute approximate surface area is 198 Å². The number of hydrogen-bond donors (Lipinski definition) is 0. The number of carbonyl (C=O) groups is 1. The summed E-state index contributed by atoms with van der Waals surface area (Å²) >= 11 is 2.30. The van der Waals surface area contributed by atoms with E-state index in [4.69, 9.17) is 9.47 Å². The maximum absolute atomic E-state index is 13.1. The summed E-state index contributed by atoms with van der Waals surface area (Å²) in [4.78, 5) is 14.7. The number of nitrogens with zero attached hydrogens (tertiary/aromatic N) is 1. The molecule has 160 valence electrons. The second-order valence-electron chi connectivity index (χ2n) is 8.19. The number of ether oxygens (including phenoxy) is 2. The van der Waals surface area contributed by atoms with Crippen molar-refractivity contribution in [3.63, 3.8) is 0 Å². The SMILES string of the molecule is B/C=C/CN(C(=O)OC(C)(C)C)c1cc(OCc2ccccc2)c2ccccc2c1I. The van der Waals surface area contributed by atoms with Crippen LogP contribution in [0.2, 0.25) is 0 Å². The predicted molar refractivity (Wildman–Crippen MR) is 139 cm³/mol. The Morgan fingerprint density at radius 3 is 2.35 bits per heavy atom. The molecule has 3 rings (SSSR count). The van der Waals surface area contributed by atoms with Gasteiger partial charge in [-0.15, -0.1) is 5.98 Å². The summed E-state index contributed by atoms with van der Waals surface area (Å²) in [6.45, 7) is 6.49. The van der Waals surface area contributed by atoms with Crippen LogP contribution in [-0.4, -0.2) is 26.1 Å². The van der Waals surface area contributed by atoms with Crippen molar-refractivity contribution in [3.05, 3.63) is 81.8 Å². The van der Waals surface area contributed by atoms with E-state index in [0.29, 0.717) is 13.2 Å². The second-order valence-corrected chi connectivity index (χ2v) is 9.27. The van der Waals surface area contributed by atoms with E-state index in [1.165, 1.54) is 0 Å². The highest BCUT2D eigenvalue weighted by atomic mass is 127. The van der Waals surface area contributed by atoms with Crippen molar-refractivity contribution in [1.82, 2.24) is 0 Å². The molecule has 3 aromatic carbocycles. The van der Waals surface area contributed by atoms with E-state index in [-0.39, 0.29) is 6.09 Å². The normalized spacial score (nSPS) is 11.6. The number of hydrogen-bond acceptors (Lipinski definition) is 3. The van der Waals surface area contributed by atoms with Crippen molar-refractivity contribution in [2.75, 3.05) is 11.4 Å². The average molecular weight is 527 g/mol. The van der Waals surface area contributed by atoms with Crippen LogP contribution >= 0.6 is 22.6 Å². The van der Waals surface area contributed by atoms with Gasteiger partial charge in [0.05, 0.1) is 5.69 Å². The van der Waals surface area contributed by atoms with E-state index in [2.05, 4.69) is 28.7 Å². The highest BCUT2D eigenvalue weighted by Crippen LogP contribution is 2.38. The van der Waals surface area contributed by atoms with Crippen molar-refractivity contribution in [3.8, 4) is 5.75 Å². The molecule has 6 heteroatoms. The number of fused-ring (bicyclic) bond motifs is 1. The molecule has 3 aromatic rings. The van der Waals surface area contributed by atoms with Crippen LogP contribution < -0.4 is 9.64 Å². The molecule has 0 spiro atoms. The molecule has 0 fully saturated rings. The summed E-state index contributed by atoms with van der Waals surface area (Å²) in [6, 6.07) is 20.1. The van der Waals surface area contributed by atoms with E-state index in [1.807, 2.05) is 95.3 Å². The fourth-order valence-electron chi connectivity index (χ4n) is 3.14. The Balaban J connectivity index is 2.06. The van der Waals surface area contributed by atoms with Crippen molar-refractivity contribution in [1.29, 1.82) is 0 Å². The standard InChI is InChI=1S/C25H27BINO3/c1-25(2,3)31-24(29)28(15-9-14-26)21-16-22(30-17-18-10-5-4-6-11-18)19-12-7-8-13-20(19)23(21)27/h4-14,16H,15,17,26H2,1-3H3/b14-9+. The molecule has 0 aromatic heterocycles. The summed E-state index contributed by atoms with van der Waals surface area (Å²) in [7, 11) is 1.94. The number of carbonyl (C=O) groups excluding carboxylic acids is 1. The molecule has 31 heavy (non-hydrogen) atoms. The minimum absolute atomic E-state index is 0.382. The van der Waals surface area contributed by atoms with Gasteiger partial charge in [-0.3, -0.25) is 4.90 Å². The van der Waals surface area contributed by atoms with Crippen molar-refractivity contribution in [2.24, 2.45) is 0 Å². The first-order valence-electron chi connectivity index (χ1n) is 10.3. The van der Waals surface area contributed by atoms with Crippen LogP contribution in [0.25, 0.3) is 10.8 Å². The molecule has 0 saturated carbocycles. The maximum Gasteiger partial charge on any atom is 0.415 e. The third kappa shape index (κ3) is 6.03.